The van der Waals surface area contributed by atoms with Gasteiger partial charge >= 0.3 is 6.09 Å². The van der Waals surface area contributed by atoms with Gasteiger partial charge in [-0.1, -0.05) is 30.3 Å². The lowest BCUT2D eigenvalue weighted by molar-refractivity contribution is -0.384. The minimum absolute atomic E-state index is 0.0198. The van der Waals surface area contributed by atoms with Crippen molar-refractivity contribution in [3.8, 4) is 11.5 Å². The summed E-state index contributed by atoms with van der Waals surface area (Å²) in [6.07, 6.45) is 1.61. The summed E-state index contributed by atoms with van der Waals surface area (Å²) in [6, 6.07) is 17.3. The second-order valence-corrected chi connectivity index (χ2v) is 7.69. The van der Waals surface area contributed by atoms with Crippen molar-refractivity contribution in [3.05, 3.63) is 99.1 Å². The summed E-state index contributed by atoms with van der Waals surface area (Å²) in [5, 5.41) is 11.1. The van der Waals surface area contributed by atoms with Crippen molar-refractivity contribution in [3.63, 3.8) is 0 Å². The molecule has 1 amide bonds. The highest BCUT2D eigenvalue weighted by Gasteiger charge is 2.36. The molecule has 1 atom stereocenters. The first-order valence-electron chi connectivity index (χ1n) is 10.6. The number of carbonyl (C=O) groups excluding carboxylic acids is 2. The maximum Gasteiger partial charge on any atom is 0.415 e. The van der Waals surface area contributed by atoms with Gasteiger partial charge in [0.05, 0.1) is 30.9 Å². The molecule has 0 radical (unpaired) electrons. The number of nitrogens with zero attached hydrogens (tertiary/aromatic N) is 2. The Hall–Kier alpha value is -4.66. The minimum Gasteiger partial charge on any atom is -0.493 e. The number of fused-ring (bicyclic) bond motifs is 1. The number of amides is 1. The van der Waals surface area contributed by atoms with Gasteiger partial charge in [-0.25, -0.2) is 4.79 Å². The molecule has 4 rings (SSSR count). The normalized spacial score (nSPS) is 14.4. The molecule has 0 spiro atoms. The van der Waals surface area contributed by atoms with E-state index in [1.807, 2.05) is 30.3 Å². The second kappa shape index (κ2) is 10.1. The molecule has 0 saturated carbocycles. The molecule has 1 aliphatic rings. The van der Waals surface area contributed by atoms with E-state index in [1.165, 1.54) is 43.4 Å². The molecule has 0 fully saturated rings. The highest BCUT2D eigenvalue weighted by Crippen LogP contribution is 2.45. The Bertz CT molecular complexity index is 1290. The number of aldehydes is 1. The Kier molecular flexibility index (Phi) is 6.77. The number of nitro benzene ring substituents is 1. The van der Waals surface area contributed by atoms with Crippen molar-refractivity contribution in [2.75, 3.05) is 19.1 Å². The van der Waals surface area contributed by atoms with Gasteiger partial charge < -0.3 is 14.2 Å². The summed E-state index contributed by atoms with van der Waals surface area (Å²) in [4.78, 5) is 37.6. The van der Waals surface area contributed by atoms with Crippen LogP contribution in [0.1, 0.15) is 22.7 Å². The molecule has 1 aliphatic heterocycles. The van der Waals surface area contributed by atoms with Gasteiger partial charge in [0.15, 0.2) is 11.5 Å². The SMILES string of the molecule is COc1cc2c(cc1OC)N(C(=O)OCc1ccccc1)[C@H](c1ccc([N+](=O)[O-])cc1)C(C=O)=C2. The average molecular weight is 474 g/mol. The summed E-state index contributed by atoms with van der Waals surface area (Å²) in [5.41, 5.74) is 2.46. The fourth-order valence-electron chi connectivity index (χ4n) is 3.97. The highest BCUT2D eigenvalue weighted by atomic mass is 16.6. The monoisotopic (exact) mass is 474 g/mol. The molecule has 9 nitrogen and oxygen atoms in total. The third kappa shape index (κ3) is 4.70. The van der Waals surface area contributed by atoms with Gasteiger partial charge in [0.25, 0.3) is 5.69 Å². The molecule has 35 heavy (non-hydrogen) atoms. The van der Waals surface area contributed by atoms with Crippen LogP contribution in [0.15, 0.2) is 72.3 Å². The van der Waals surface area contributed by atoms with Crippen LogP contribution in [0.4, 0.5) is 16.2 Å². The molecule has 0 bridgehead atoms. The fourth-order valence-corrected chi connectivity index (χ4v) is 3.97. The quantitative estimate of drug-likeness (QED) is 0.266. The van der Waals surface area contributed by atoms with Crippen LogP contribution >= 0.6 is 0 Å². The van der Waals surface area contributed by atoms with E-state index in [1.54, 1.807) is 18.2 Å². The van der Waals surface area contributed by atoms with Gasteiger partial charge in [-0.05, 0) is 35.4 Å². The Morgan fingerprint density at radius 3 is 2.29 bits per heavy atom. The lowest BCUT2D eigenvalue weighted by Gasteiger charge is -2.36. The number of hydrogen-bond donors (Lipinski definition) is 0. The zero-order valence-electron chi connectivity index (χ0n) is 19.0. The maximum atomic E-state index is 13.5. The standard InChI is InChI=1S/C26H22N2O7/c1-33-23-13-19-12-20(15-29)25(18-8-10-21(11-9-18)28(31)32)27(22(19)14-24(23)34-2)26(30)35-16-17-6-4-3-5-7-17/h3-15,25H,16H2,1-2H3/t25-/m1/s1. The summed E-state index contributed by atoms with van der Waals surface area (Å²) in [6.45, 7) is 0.0198. The second-order valence-electron chi connectivity index (χ2n) is 7.69. The molecule has 0 aromatic heterocycles. The summed E-state index contributed by atoms with van der Waals surface area (Å²) < 4.78 is 16.4. The summed E-state index contributed by atoms with van der Waals surface area (Å²) in [5.74, 6) is 0.816. The van der Waals surface area contributed by atoms with E-state index in [-0.39, 0.29) is 17.9 Å². The Labute approximate surface area is 201 Å². The number of ether oxygens (including phenoxy) is 3. The van der Waals surface area contributed by atoms with Gasteiger partial charge in [-0.3, -0.25) is 19.8 Å². The fraction of sp³-hybridized carbons (Fsp3) is 0.154. The number of non-ortho nitro benzene ring substituents is 1. The van der Waals surface area contributed by atoms with E-state index in [2.05, 4.69) is 0 Å². The van der Waals surface area contributed by atoms with Crippen LogP contribution in [0.25, 0.3) is 6.08 Å². The number of hydrogen-bond acceptors (Lipinski definition) is 7. The molecule has 1 heterocycles. The van der Waals surface area contributed by atoms with E-state index in [4.69, 9.17) is 14.2 Å². The molecule has 3 aromatic rings. The van der Waals surface area contributed by atoms with Gasteiger partial charge in [-0.15, -0.1) is 0 Å². The van der Waals surface area contributed by atoms with Crippen molar-refractivity contribution in [1.29, 1.82) is 0 Å². The molecule has 0 saturated heterocycles. The van der Waals surface area contributed by atoms with Crippen LogP contribution in [0.5, 0.6) is 11.5 Å². The summed E-state index contributed by atoms with van der Waals surface area (Å²) in [7, 11) is 2.97. The van der Waals surface area contributed by atoms with Crippen molar-refractivity contribution in [2.24, 2.45) is 0 Å². The molecular weight excluding hydrogens is 452 g/mol. The number of carbonyl (C=O) groups is 2. The lowest BCUT2D eigenvalue weighted by atomic mass is 9.90. The van der Waals surface area contributed by atoms with E-state index in [0.717, 1.165) is 5.56 Å². The van der Waals surface area contributed by atoms with Gasteiger partial charge in [-0.2, -0.15) is 0 Å². The van der Waals surface area contributed by atoms with Gasteiger partial charge in [0.1, 0.15) is 12.9 Å². The number of anilines is 1. The van der Waals surface area contributed by atoms with E-state index < -0.39 is 17.1 Å². The molecular formula is C26H22N2O7. The highest BCUT2D eigenvalue weighted by molar-refractivity contribution is 6.00. The van der Waals surface area contributed by atoms with Crippen LogP contribution < -0.4 is 14.4 Å². The predicted octanol–water partition coefficient (Wildman–Crippen LogP) is 5.09. The van der Waals surface area contributed by atoms with Crippen LogP contribution in [0.2, 0.25) is 0 Å². The molecule has 9 heteroatoms. The maximum absolute atomic E-state index is 13.5. The topological polar surface area (TPSA) is 108 Å². The van der Waals surface area contributed by atoms with Crippen molar-refractivity contribution in [2.45, 2.75) is 12.6 Å². The zero-order chi connectivity index (χ0) is 24.9. The predicted molar refractivity (Wildman–Crippen MR) is 129 cm³/mol. The van der Waals surface area contributed by atoms with Crippen molar-refractivity contribution < 1.29 is 28.7 Å². The van der Waals surface area contributed by atoms with Gasteiger partial charge in [0.2, 0.25) is 0 Å². The lowest BCUT2D eigenvalue weighted by Crippen LogP contribution is -2.39. The number of methoxy groups -OCH3 is 2. The first kappa shape index (κ1) is 23.5. The van der Waals surface area contributed by atoms with Crippen LogP contribution in [0.3, 0.4) is 0 Å². The molecule has 0 aliphatic carbocycles. The van der Waals surface area contributed by atoms with E-state index >= 15 is 0 Å². The van der Waals surface area contributed by atoms with Crippen LogP contribution in [-0.2, 0) is 16.1 Å². The summed E-state index contributed by atoms with van der Waals surface area (Å²) >= 11 is 0. The van der Waals surface area contributed by atoms with Gasteiger partial charge in [0, 0.05) is 29.3 Å². The Balaban J connectivity index is 1.82. The Morgan fingerprint density at radius 1 is 1.03 bits per heavy atom. The van der Waals surface area contributed by atoms with Crippen molar-refractivity contribution >= 4 is 29.8 Å². The number of benzene rings is 3. The van der Waals surface area contributed by atoms with Crippen LogP contribution in [0, 0.1) is 10.1 Å². The smallest absolute Gasteiger partial charge is 0.415 e. The molecule has 3 aromatic carbocycles. The minimum atomic E-state index is -0.873. The first-order chi connectivity index (χ1) is 17.0. The third-order valence-corrected chi connectivity index (χ3v) is 5.65. The zero-order valence-corrected chi connectivity index (χ0v) is 19.0. The molecule has 0 unspecified atom stereocenters. The van der Waals surface area contributed by atoms with Crippen LogP contribution in [-0.4, -0.2) is 31.5 Å². The van der Waals surface area contributed by atoms with E-state index in [9.17, 15) is 19.7 Å². The number of nitro groups is 1. The molecule has 178 valence electrons. The number of rotatable bonds is 7. The largest absolute Gasteiger partial charge is 0.493 e. The Morgan fingerprint density at radius 2 is 1.69 bits per heavy atom. The van der Waals surface area contributed by atoms with E-state index in [0.29, 0.717) is 34.6 Å². The third-order valence-electron chi connectivity index (χ3n) is 5.65. The molecule has 0 N–H and O–H groups in total. The van der Waals surface area contributed by atoms with Crippen molar-refractivity contribution in [1.82, 2.24) is 0 Å². The average Bonchev–Trinajstić information content (AvgIpc) is 2.90. The first-order valence-corrected chi connectivity index (χ1v) is 10.6.